The van der Waals surface area contributed by atoms with Gasteiger partial charge in [0.15, 0.2) is 5.82 Å². The normalized spacial score (nSPS) is 20.7. The number of ether oxygens (including phenoxy) is 1. The Kier molecular flexibility index (Phi) is 6.03. The summed E-state index contributed by atoms with van der Waals surface area (Å²) >= 11 is 0. The molecule has 2 fully saturated rings. The van der Waals surface area contributed by atoms with Crippen molar-refractivity contribution in [1.82, 2.24) is 19.9 Å². The number of hydrogen-bond acceptors (Lipinski definition) is 5. The first-order chi connectivity index (χ1) is 16.4. The predicted molar refractivity (Wildman–Crippen MR) is 126 cm³/mol. The van der Waals surface area contributed by atoms with Crippen molar-refractivity contribution in [2.75, 3.05) is 18.5 Å². The van der Waals surface area contributed by atoms with Crippen LogP contribution in [0.3, 0.4) is 0 Å². The number of aromatic nitrogens is 3. The van der Waals surface area contributed by atoms with Crippen molar-refractivity contribution in [3.05, 3.63) is 42.1 Å². The maximum absolute atomic E-state index is 14.9. The lowest BCUT2D eigenvalue weighted by Gasteiger charge is -2.28. The summed E-state index contributed by atoms with van der Waals surface area (Å²) in [5, 5.41) is 5.85. The highest BCUT2D eigenvalue weighted by Gasteiger charge is 2.28. The van der Waals surface area contributed by atoms with Gasteiger partial charge >= 0.3 is 0 Å². The molecule has 3 aromatic rings. The zero-order chi connectivity index (χ0) is 23.8. The molecule has 0 unspecified atom stereocenters. The van der Waals surface area contributed by atoms with E-state index in [1.54, 1.807) is 18.6 Å². The molecule has 178 valence electrons. The molecule has 1 saturated carbocycles. The molecule has 2 aliphatic rings. The number of carbonyl (C=O) groups excluding carboxylic acids is 2. The van der Waals surface area contributed by atoms with Crippen LogP contribution in [0.2, 0.25) is 0 Å². The molecule has 2 aromatic heterocycles. The fraction of sp³-hybridized carbons (Fsp3) is 0.440. The Hall–Kier alpha value is -3.33. The van der Waals surface area contributed by atoms with Gasteiger partial charge in [0.1, 0.15) is 11.3 Å². The van der Waals surface area contributed by atoms with Crippen molar-refractivity contribution in [3.63, 3.8) is 0 Å². The Morgan fingerprint density at radius 2 is 2.00 bits per heavy atom. The Labute approximate surface area is 196 Å². The SMILES string of the molecule is CC(=O)N[C@@H]1CCC[C@H](C(=O)Nc2cc(-c3cc(F)c4ncn(C5COC5)c4c3)c(C)cn2)C1. The molecule has 34 heavy (non-hydrogen) atoms. The maximum atomic E-state index is 14.9. The van der Waals surface area contributed by atoms with E-state index in [2.05, 4.69) is 20.6 Å². The highest BCUT2D eigenvalue weighted by atomic mass is 19.1. The van der Waals surface area contributed by atoms with Crippen molar-refractivity contribution in [2.24, 2.45) is 5.92 Å². The van der Waals surface area contributed by atoms with Crippen LogP contribution < -0.4 is 10.6 Å². The summed E-state index contributed by atoms with van der Waals surface area (Å²) in [4.78, 5) is 33.0. The minimum Gasteiger partial charge on any atom is -0.377 e. The minimum absolute atomic E-state index is 0.0177. The number of hydrogen-bond donors (Lipinski definition) is 2. The molecule has 0 bridgehead atoms. The summed E-state index contributed by atoms with van der Waals surface area (Å²) < 4.78 is 22.2. The van der Waals surface area contributed by atoms with Crippen LogP contribution in [0.4, 0.5) is 10.2 Å². The number of pyridine rings is 1. The average Bonchev–Trinajstić information content (AvgIpc) is 3.17. The van der Waals surface area contributed by atoms with Gasteiger partial charge in [-0.05, 0) is 61.1 Å². The average molecular weight is 466 g/mol. The van der Waals surface area contributed by atoms with Crippen LogP contribution in [0.5, 0.6) is 0 Å². The standard InChI is InChI=1S/C25H28FN5O3/c1-14-10-27-23(30-25(33)16-4-3-5-18(6-16)29-15(2)32)9-20(14)17-7-21(26)24-22(8-17)31(13-28-24)19-11-34-12-19/h7-10,13,16,18-19H,3-6,11-12H2,1-2H3,(H,29,32)(H,27,30,33)/t16-,18+/m0/s1. The topological polar surface area (TPSA) is 98.1 Å². The first kappa shape index (κ1) is 22.5. The first-order valence-electron chi connectivity index (χ1n) is 11.7. The van der Waals surface area contributed by atoms with Crippen LogP contribution in [-0.2, 0) is 14.3 Å². The summed E-state index contributed by atoms with van der Waals surface area (Å²) in [5.41, 5.74) is 3.42. The third-order valence-electron chi connectivity index (χ3n) is 6.76. The molecule has 0 radical (unpaired) electrons. The molecule has 1 aromatic carbocycles. The molecular weight excluding hydrogens is 437 g/mol. The van der Waals surface area contributed by atoms with E-state index < -0.39 is 0 Å². The van der Waals surface area contributed by atoms with Crippen LogP contribution >= 0.6 is 0 Å². The molecule has 2 amide bonds. The van der Waals surface area contributed by atoms with Crippen molar-refractivity contribution >= 4 is 28.7 Å². The van der Waals surface area contributed by atoms with E-state index >= 15 is 0 Å². The van der Waals surface area contributed by atoms with Gasteiger partial charge in [-0.25, -0.2) is 14.4 Å². The lowest BCUT2D eigenvalue weighted by Crippen LogP contribution is -2.40. The monoisotopic (exact) mass is 465 g/mol. The maximum Gasteiger partial charge on any atom is 0.228 e. The molecule has 3 heterocycles. The predicted octanol–water partition coefficient (Wildman–Crippen LogP) is 3.75. The van der Waals surface area contributed by atoms with Crippen LogP contribution in [0, 0.1) is 18.7 Å². The van der Waals surface area contributed by atoms with Gasteiger partial charge in [0, 0.05) is 25.1 Å². The number of aryl methyl sites for hydroxylation is 1. The number of amides is 2. The number of nitrogens with one attached hydrogen (secondary N) is 2. The number of benzene rings is 1. The summed E-state index contributed by atoms with van der Waals surface area (Å²) in [6.45, 7) is 4.58. The molecule has 0 spiro atoms. The molecule has 2 atom stereocenters. The number of rotatable bonds is 5. The summed E-state index contributed by atoms with van der Waals surface area (Å²) in [7, 11) is 0. The molecule has 2 N–H and O–H groups in total. The number of anilines is 1. The van der Waals surface area contributed by atoms with E-state index in [9.17, 15) is 14.0 Å². The third-order valence-corrected chi connectivity index (χ3v) is 6.76. The van der Waals surface area contributed by atoms with Gasteiger partial charge in [0.2, 0.25) is 11.8 Å². The van der Waals surface area contributed by atoms with Gasteiger partial charge in [0.25, 0.3) is 0 Å². The molecule has 8 nitrogen and oxygen atoms in total. The van der Waals surface area contributed by atoms with E-state index in [-0.39, 0.29) is 35.6 Å². The van der Waals surface area contributed by atoms with Crippen LogP contribution in [0.25, 0.3) is 22.2 Å². The Morgan fingerprint density at radius 1 is 1.18 bits per heavy atom. The van der Waals surface area contributed by atoms with Crippen molar-refractivity contribution in [1.29, 1.82) is 0 Å². The summed E-state index contributed by atoms with van der Waals surface area (Å²) in [6.07, 6.45) is 6.50. The number of halogens is 1. The van der Waals surface area contributed by atoms with E-state index in [4.69, 9.17) is 4.74 Å². The van der Waals surface area contributed by atoms with Crippen molar-refractivity contribution < 1.29 is 18.7 Å². The second-order valence-electron chi connectivity index (χ2n) is 9.30. The van der Waals surface area contributed by atoms with Crippen molar-refractivity contribution in [3.8, 4) is 11.1 Å². The van der Waals surface area contributed by atoms with E-state index in [1.807, 2.05) is 17.6 Å². The quantitative estimate of drug-likeness (QED) is 0.598. The molecular formula is C25H28FN5O3. The van der Waals surface area contributed by atoms with Gasteiger partial charge in [-0.15, -0.1) is 0 Å². The lowest BCUT2D eigenvalue weighted by molar-refractivity contribution is -0.123. The third kappa shape index (κ3) is 4.40. The minimum atomic E-state index is -0.389. The zero-order valence-electron chi connectivity index (χ0n) is 19.3. The van der Waals surface area contributed by atoms with E-state index in [0.29, 0.717) is 36.5 Å². The van der Waals surface area contributed by atoms with Gasteiger partial charge in [0.05, 0.1) is 31.1 Å². The molecule has 1 aliphatic heterocycles. The number of nitrogens with zero attached hydrogens (tertiary/aromatic N) is 3. The van der Waals surface area contributed by atoms with Crippen LogP contribution in [0.15, 0.2) is 30.7 Å². The largest absolute Gasteiger partial charge is 0.377 e. The molecule has 1 aliphatic carbocycles. The highest BCUT2D eigenvalue weighted by Crippen LogP contribution is 2.32. The molecule has 9 heteroatoms. The molecule has 5 rings (SSSR count). The van der Waals surface area contributed by atoms with E-state index in [0.717, 1.165) is 35.9 Å². The number of fused-ring (bicyclic) bond motifs is 1. The lowest BCUT2D eigenvalue weighted by atomic mass is 9.85. The van der Waals surface area contributed by atoms with E-state index in [1.165, 1.54) is 13.0 Å². The zero-order valence-corrected chi connectivity index (χ0v) is 19.3. The van der Waals surface area contributed by atoms with Gasteiger partial charge < -0.3 is 19.9 Å². The Bertz CT molecular complexity index is 1250. The smallest absolute Gasteiger partial charge is 0.228 e. The van der Waals surface area contributed by atoms with Gasteiger partial charge in [-0.1, -0.05) is 6.42 Å². The van der Waals surface area contributed by atoms with Crippen molar-refractivity contribution in [2.45, 2.75) is 51.6 Å². The fourth-order valence-electron chi connectivity index (χ4n) is 4.90. The van der Waals surface area contributed by atoms with Gasteiger partial charge in [-0.2, -0.15) is 0 Å². The molecule has 1 saturated heterocycles. The van der Waals surface area contributed by atoms with Crippen LogP contribution in [-0.4, -0.2) is 45.6 Å². The Morgan fingerprint density at radius 3 is 2.74 bits per heavy atom. The number of imidazole rings is 1. The second kappa shape index (κ2) is 9.13. The number of carbonyl (C=O) groups is 2. The summed E-state index contributed by atoms with van der Waals surface area (Å²) in [5.74, 6) is -0.341. The Balaban J connectivity index is 1.39. The fourth-order valence-corrected chi connectivity index (χ4v) is 4.90. The highest BCUT2D eigenvalue weighted by molar-refractivity contribution is 5.93. The summed E-state index contributed by atoms with van der Waals surface area (Å²) in [6, 6.07) is 5.37. The first-order valence-corrected chi connectivity index (χ1v) is 11.7. The van der Waals surface area contributed by atoms with Gasteiger partial charge in [-0.3, -0.25) is 9.59 Å². The van der Waals surface area contributed by atoms with Crippen LogP contribution in [0.1, 0.15) is 44.2 Å². The second-order valence-corrected chi connectivity index (χ2v) is 9.30.